The molecule has 0 aliphatic carbocycles. The lowest BCUT2D eigenvalue weighted by atomic mass is 9.86. The lowest BCUT2D eigenvalue weighted by Gasteiger charge is -2.27. The average molecular weight is 320 g/mol. The maximum atomic E-state index is 12.8. The number of nitrogens with one attached hydrogen (secondary N) is 1. The standard InChI is InChI=1S/C16H20N2O5/c1-5-16(11-6-7-12(23-4)9(2)8-11)14(21)18(15(22)17-16)10(3)13(19)20/h6-8,10H,5H2,1-4H3,(H,17,22)(H,19,20). The summed E-state index contributed by atoms with van der Waals surface area (Å²) >= 11 is 0. The van der Waals surface area contributed by atoms with Gasteiger partial charge in [-0.05, 0) is 43.5 Å². The quantitative estimate of drug-likeness (QED) is 0.804. The molecule has 2 N–H and O–H groups in total. The normalized spacial score (nSPS) is 22.0. The maximum absolute atomic E-state index is 12.8. The molecule has 1 heterocycles. The van der Waals surface area contributed by atoms with Crippen molar-refractivity contribution in [1.29, 1.82) is 0 Å². The molecule has 1 fully saturated rings. The summed E-state index contributed by atoms with van der Waals surface area (Å²) in [6, 6.07) is 3.29. The van der Waals surface area contributed by atoms with Crippen LogP contribution in [0.3, 0.4) is 0 Å². The van der Waals surface area contributed by atoms with Gasteiger partial charge in [-0.25, -0.2) is 14.5 Å². The molecule has 124 valence electrons. The summed E-state index contributed by atoms with van der Waals surface area (Å²) in [6.45, 7) is 4.92. The Morgan fingerprint density at radius 1 is 1.43 bits per heavy atom. The van der Waals surface area contributed by atoms with Crippen LogP contribution >= 0.6 is 0 Å². The van der Waals surface area contributed by atoms with Gasteiger partial charge in [-0.2, -0.15) is 0 Å². The monoisotopic (exact) mass is 320 g/mol. The number of aliphatic carboxylic acids is 1. The number of carboxylic acids is 1. The van der Waals surface area contributed by atoms with Crippen molar-refractivity contribution in [2.75, 3.05) is 7.11 Å². The highest BCUT2D eigenvalue weighted by atomic mass is 16.5. The van der Waals surface area contributed by atoms with Crippen molar-refractivity contribution in [1.82, 2.24) is 10.2 Å². The minimum absolute atomic E-state index is 0.312. The molecule has 1 saturated heterocycles. The molecule has 23 heavy (non-hydrogen) atoms. The number of carboxylic acid groups (broad SMARTS) is 1. The van der Waals surface area contributed by atoms with Crippen LogP contribution in [0.4, 0.5) is 4.79 Å². The number of ether oxygens (including phenoxy) is 1. The molecule has 2 unspecified atom stereocenters. The van der Waals surface area contributed by atoms with Crippen LogP contribution in [0, 0.1) is 6.92 Å². The first-order chi connectivity index (χ1) is 10.8. The van der Waals surface area contributed by atoms with E-state index in [1.165, 1.54) is 6.92 Å². The Morgan fingerprint density at radius 2 is 2.09 bits per heavy atom. The summed E-state index contributed by atoms with van der Waals surface area (Å²) in [5.74, 6) is -1.11. The van der Waals surface area contributed by atoms with Gasteiger partial charge in [0.2, 0.25) is 0 Å². The zero-order chi connectivity index (χ0) is 17.4. The number of carbonyl (C=O) groups is 3. The molecule has 0 bridgehead atoms. The zero-order valence-corrected chi connectivity index (χ0v) is 13.5. The highest BCUT2D eigenvalue weighted by molar-refractivity contribution is 6.09. The highest BCUT2D eigenvalue weighted by Crippen LogP contribution is 2.35. The van der Waals surface area contributed by atoms with E-state index >= 15 is 0 Å². The molecule has 2 atom stereocenters. The van der Waals surface area contributed by atoms with Crippen molar-refractivity contribution in [3.63, 3.8) is 0 Å². The van der Waals surface area contributed by atoms with Gasteiger partial charge >= 0.3 is 12.0 Å². The topological polar surface area (TPSA) is 95.9 Å². The summed E-state index contributed by atoms with van der Waals surface area (Å²) in [4.78, 5) is 37.0. The van der Waals surface area contributed by atoms with E-state index in [0.717, 1.165) is 10.5 Å². The summed E-state index contributed by atoms with van der Waals surface area (Å²) in [7, 11) is 1.55. The van der Waals surface area contributed by atoms with Gasteiger partial charge in [0.15, 0.2) is 0 Å². The van der Waals surface area contributed by atoms with Crippen LogP contribution in [0.25, 0.3) is 0 Å². The summed E-state index contributed by atoms with van der Waals surface area (Å²) < 4.78 is 5.21. The second kappa shape index (κ2) is 5.91. The molecular weight excluding hydrogens is 300 g/mol. The number of carbonyl (C=O) groups excluding carboxylic acids is 2. The van der Waals surface area contributed by atoms with Gasteiger partial charge in [-0.3, -0.25) is 4.79 Å². The van der Waals surface area contributed by atoms with Crippen LogP contribution < -0.4 is 10.1 Å². The molecule has 7 heteroatoms. The maximum Gasteiger partial charge on any atom is 0.326 e. The number of rotatable bonds is 5. The van der Waals surface area contributed by atoms with Crippen LogP contribution in [0.5, 0.6) is 5.75 Å². The van der Waals surface area contributed by atoms with Crippen molar-refractivity contribution in [2.45, 2.75) is 38.8 Å². The lowest BCUT2D eigenvalue weighted by Crippen LogP contribution is -2.46. The average Bonchev–Trinajstić information content (AvgIpc) is 2.77. The van der Waals surface area contributed by atoms with E-state index in [1.54, 1.807) is 32.2 Å². The van der Waals surface area contributed by atoms with Gasteiger partial charge in [0.1, 0.15) is 17.3 Å². The fourth-order valence-corrected chi connectivity index (χ4v) is 2.84. The molecule has 0 aromatic heterocycles. The van der Waals surface area contributed by atoms with Crippen molar-refractivity contribution in [2.24, 2.45) is 0 Å². The third-order valence-electron chi connectivity index (χ3n) is 4.29. The number of urea groups is 1. The number of nitrogens with zero attached hydrogens (tertiary/aromatic N) is 1. The Labute approximate surface area is 134 Å². The van der Waals surface area contributed by atoms with E-state index in [1.807, 2.05) is 6.92 Å². The van der Waals surface area contributed by atoms with Gasteiger partial charge in [0.05, 0.1) is 7.11 Å². The number of benzene rings is 1. The van der Waals surface area contributed by atoms with Gasteiger partial charge < -0.3 is 15.2 Å². The zero-order valence-electron chi connectivity index (χ0n) is 13.5. The molecule has 0 saturated carbocycles. The van der Waals surface area contributed by atoms with Crippen molar-refractivity contribution >= 4 is 17.9 Å². The molecule has 7 nitrogen and oxygen atoms in total. The molecule has 2 rings (SSSR count). The van der Waals surface area contributed by atoms with Crippen LogP contribution in [0.1, 0.15) is 31.4 Å². The van der Waals surface area contributed by atoms with E-state index in [-0.39, 0.29) is 0 Å². The van der Waals surface area contributed by atoms with Crippen LogP contribution in [0.15, 0.2) is 18.2 Å². The number of amides is 3. The van der Waals surface area contributed by atoms with Crippen molar-refractivity contribution < 1.29 is 24.2 Å². The molecule has 0 radical (unpaired) electrons. The minimum Gasteiger partial charge on any atom is -0.496 e. The van der Waals surface area contributed by atoms with Gasteiger partial charge in [0, 0.05) is 0 Å². The largest absolute Gasteiger partial charge is 0.496 e. The summed E-state index contributed by atoms with van der Waals surface area (Å²) in [5.41, 5.74) is 0.180. The first kappa shape index (κ1) is 16.8. The Bertz CT molecular complexity index is 672. The minimum atomic E-state index is -1.25. The van der Waals surface area contributed by atoms with Crippen LogP contribution in [-0.2, 0) is 15.1 Å². The van der Waals surface area contributed by atoms with E-state index < -0.39 is 29.5 Å². The summed E-state index contributed by atoms with van der Waals surface area (Å²) in [6.07, 6.45) is 0.312. The number of aryl methyl sites for hydroxylation is 1. The highest BCUT2D eigenvalue weighted by Gasteiger charge is 2.53. The van der Waals surface area contributed by atoms with Crippen LogP contribution in [0.2, 0.25) is 0 Å². The molecule has 1 aromatic rings. The van der Waals surface area contributed by atoms with Gasteiger partial charge in [-0.1, -0.05) is 13.0 Å². The molecule has 1 aromatic carbocycles. The Hall–Kier alpha value is -2.57. The second-order valence-corrected chi connectivity index (χ2v) is 5.56. The lowest BCUT2D eigenvalue weighted by molar-refractivity contribution is -0.147. The van der Waals surface area contributed by atoms with Gasteiger partial charge in [0.25, 0.3) is 5.91 Å². The Kier molecular flexibility index (Phi) is 4.31. The van der Waals surface area contributed by atoms with E-state index in [9.17, 15) is 14.4 Å². The summed E-state index contributed by atoms with van der Waals surface area (Å²) in [5, 5.41) is 11.8. The fourth-order valence-electron chi connectivity index (χ4n) is 2.84. The predicted octanol–water partition coefficient (Wildman–Crippen LogP) is 1.63. The van der Waals surface area contributed by atoms with E-state index in [2.05, 4.69) is 5.32 Å². The van der Waals surface area contributed by atoms with Crippen molar-refractivity contribution in [3.05, 3.63) is 29.3 Å². The third-order valence-corrected chi connectivity index (χ3v) is 4.29. The fraction of sp³-hybridized carbons (Fsp3) is 0.438. The molecule has 1 aliphatic heterocycles. The first-order valence-corrected chi connectivity index (χ1v) is 7.32. The second-order valence-electron chi connectivity index (χ2n) is 5.56. The Morgan fingerprint density at radius 3 is 2.57 bits per heavy atom. The molecule has 3 amide bonds. The first-order valence-electron chi connectivity index (χ1n) is 7.32. The van der Waals surface area contributed by atoms with Gasteiger partial charge in [-0.15, -0.1) is 0 Å². The predicted molar refractivity (Wildman–Crippen MR) is 82.2 cm³/mol. The van der Waals surface area contributed by atoms with E-state index in [4.69, 9.17) is 9.84 Å². The number of methoxy groups -OCH3 is 1. The van der Waals surface area contributed by atoms with Crippen molar-refractivity contribution in [3.8, 4) is 5.75 Å². The molecule has 1 aliphatic rings. The molecule has 0 spiro atoms. The van der Waals surface area contributed by atoms with E-state index in [0.29, 0.717) is 17.7 Å². The Balaban J connectivity index is 2.50. The van der Waals surface area contributed by atoms with Crippen LogP contribution in [-0.4, -0.2) is 41.1 Å². The SMILES string of the molecule is CCC1(c2ccc(OC)c(C)c2)NC(=O)N(C(C)C(=O)O)C1=O. The smallest absolute Gasteiger partial charge is 0.326 e. The number of imide groups is 1. The molecular formula is C16H20N2O5. The number of hydrogen-bond donors (Lipinski definition) is 2. The third kappa shape index (κ3) is 2.52. The number of hydrogen-bond acceptors (Lipinski definition) is 4.